The average molecular weight is 276 g/mol. The Morgan fingerprint density at radius 1 is 1.28 bits per heavy atom. The summed E-state index contributed by atoms with van der Waals surface area (Å²) < 4.78 is 25.1. The Labute approximate surface area is 110 Å². The molecule has 0 saturated heterocycles. The van der Waals surface area contributed by atoms with Crippen LogP contribution in [0.25, 0.3) is 0 Å². The molecule has 0 heterocycles. The first-order valence-corrected chi connectivity index (χ1v) is 8.38. The number of rotatable bonds is 5. The minimum Gasteiger partial charge on any atom is -0.480 e. The van der Waals surface area contributed by atoms with E-state index in [-0.39, 0.29) is 11.8 Å². The fraction of sp³-hybridized carbons (Fsp3) is 0.923. The normalized spacial score (nSPS) is 27.1. The largest absolute Gasteiger partial charge is 0.480 e. The van der Waals surface area contributed by atoms with E-state index in [4.69, 9.17) is 0 Å². The van der Waals surface area contributed by atoms with Crippen molar-refractivity contribution in [1.82, 2.24) is 0 Å². The highest BCUT2D eigenvalue weighted by Crippen LogP contribution is 2.35. The van der Waals surface area contributed by atoms with Crippen molar-refractivity contribution in [3.63, 3.8) is 0 Å². The van der Waals surface area contributed by atoms with Gasteiger partial charge in [0.25, 0.3) is 0 Å². The minimum absolute atomic E-state index is 0.129. The molecule has 0 spiro atoms. The van der Waals surface area contributed by atoms with Crippen LogP contribution < -0.4 is 0 Å². The van der Waals surface area contributed by atoms with Crippen LogP contribution in [0.15, 0.2) is 0 Å². The van der Waals surface area contributed by atoms with Gasteiger partial charge in [-0.3, -0.25) is 4.79 Å². The molecule has 1 N–H and O–H groups in total. The first-order valence-electron chi connectivity index (χ1n) is 6.77. The van der Waals surface area contributed by atoms with Crippen LogP contribution in [0.4, 0.5) is 0 Å². The molecular weight excluding hydrogens is 252 g/mol. The summed E-state index contributed by atoms with van der Waals surface area (Å²) in [5, 5.41) is 7.48. The van der Waals surface area contributed by atoms with Crippen molar-refractivity contribution < 1.29 is 18.3 Å². The van der Waals surface area contributed by atoms with E-state index in [0.29, 0.717) is 6.42 Å². The Hall–Kier alpha value is -0.580. The van der Waals surface area contributed by atoms with Gasteiger partial charge >= 0.3 is 5.97 Å². The smallest absolute Gasteiger partial charge is 0.322 e. The number of hydrogen-bond acceptors (Lipinski definition) is 3. The molecule has 0 aromatic heterocycles. The van der Waals surface area contributed by atoms with Crippen LogP contribution in [0.2, 0.25) is 0 Å². The third kappa shape index (κ3) is 3.05. The van der Waals surface area contributed by atoms with Crippen molar-refractivity contribution in [2.24, 2.45) is 11.8 Å². The number of carboxylic acids is 1. The van der Waals surface area contributed by atoms with Crippen molar-refractivity contribution in [2.75, 3.05) is 0 Å². The van der Waals surface area contributed by atoms with Gasteiger partial charge in [-0.1, -0.05) is 40.0 Å². The van der Waals surface area contributed by atoms with Crippen LogP contribution >= 0.6 is 0 Å². The zero-order valence-corrected chi connectivity index (χ0v) is 12.2. The van der Waals surface area contributed by atoms with Gasteiger partial charge in [0.1, 0.15) is 0 Å². The van der Waals surface area contributed by atoms with E-state index in [2.05, 4.69) is 0 Å². The lowest BCUT2D eigenvalue weighted by Gasteiger charge is -2.33. The van der Waals surface area contributed by atoms with Gasteiger partial charge in [0.05, 0.1) is 5.25 Å². The molecule has 1 aliphatic rings. The summed E-state index contributed by atoms with van der Waals surface area (Å²) in [6.45, 7) is 5.32. The summed E-state index contributed by atoms with van der Waals surface area (Å²) in [4.78, 5) is 11.2. The summed E-state index contributed by atoms with van der Waals surface area (Å²) in [6, 6.07) is 0. The standard InChI is InChI=1S/C13H24O4S/c1-4-10-7-5-6-8-11(10)18(16,17)12(9(2)3)13(14)15/h9-12H,4-8H2,1-3H3,(H,14,15). The quantitative estimate of drug-likeness (QED) is 0.837. The molecular formula is C13H24O4S. The highest BCUT2D eigenvalue weighted by atomic mass is 32.2. The van der Waals surface area contributed by atoms with Crippen molar-refractivity contribution in [3.05, 3.63) is 0 Å². The van der Waals surface area contributed by atoms with E-state index in [1.807, 2.05) is 6.92 Å². The fourth-order valence-electron chi connectivity index (χ4n) is 3.07. The molecule has 1 saturated carbocycles. The lowest BCUT2D eigenvalue weighted by Crippen LogP contribution is -2.45. The SMILES string of the molecule is CCC1CCCCC1S(=O)(=O)C(C(=O)O)C(C)C. The Kier molecular flexibility index (Phi) is 5.20. The van der Waals surface area contributed by atoms with E-state index >= 15 is 0 Å². The minimum atomic E-state index is -3.58. The topological polar surface area (TPSA) is 71.4 Å². The third-order valence-corrected chi connectivity index (χ3v) is 6.91. The summed E-state index contributed by atoms with van der Waals surface area (Å²) >= 11 is 0. The molecule has 0 aromatic rings. The molecule has 0 bridgehead atoms. The van der Waals surface area contributed by atoms with E-state index in [9.17, 15) is 18.3 Å². The molecule has 0 aliphatic heterocycles. The summed E-state index contributed by atoms with van der Waals surface area (Å²) in [5.41, 5.74) is 0. The second-order valence-corrected chi connectivity index (χ2v) is 7.87. The van der Waals surface area contributed by atoms with Gasteiger partial charge in [0.2, 0.25) is 0 Å². The van der Waals surface area contributed by atoms with Gasteiger partial charge in [0.15, 0.2) is 15.1 Å². The second kappa shape index (κ2) is 6.04. The number of carbonyl (C=O) groups is 1. The maximum Gasteiger partial charge on any atom is 0.322 e. The van der Waals surface area contributed by atoms with Crippen LogP contribution in [0.3, 0.4) is 0 Å². The molecule has 3 unspecified atom stereocenters. The number of carboxylic acid groups (broad SMARTS) is 1. The van der Waals surface area contributed by atoms with E-state index in [0.717, 1.165) is 25.7 Å². The average Bonchev–Trinajstić information content (AvgIpc) is 2.27. The molecule has 0 aromatic carbocycles. The zero-order chi connectivity index (χ0) is 13.9. The van der Waals surface area contributed by atoms with E-state index in [1.54, 1.807) is 13.8 Å². The second-order valence-electron chi connectivity index (χ2n) is 5.58. The predicted octanol–water partition coefficient (Wildman–Crippen LogP) is 2.48. The Bertz CT molecular complexity index is 386. The highest BCUT2D eigenvalue weighted by Gasteiger charge is 2.44. The number of hydrogen-bond donors (Lipinski definition) is 1. The molecule has 3 atom stereocenters. The molecule has 4 nitrogen and oxygen atoms in total. The highest BCUT2D eigenvalue weighted by molar-refractivity contribution is 7.93. The Morgan fingerprint density at radius 3 is 2.28 bits per heavy atom. The van der Waals surface area contributed by atoms with E-state index < -0.39 is 26.3 Å². The molecule has 1 fully saturated rings. The molecule has 18 heavy (non-hydrogen) atoms. The van der Waals surface area contributed by atoms with Crippen molar-refractivity contribution in [3.8, 4) is 0 Å². The zero-order valence-electron chi connectivity index (χ0n) is 11.4. The van der Waals surface area contributed by atoms with Gasteiger partial charge in [-0.25, -0.2) is 8.42 Å². The first kappa shape index (κ1) is 15.5. The van der Waals surface area contributed by atoms with Gasteiger partial charge in [-0.15, -0.1) is 0 Å². The first-order chi connectivity index (χ1) is 8.32. The number of aliphatic carboxylic acids is 1. The van der Waals surface area contributed by atoms with Crippen LogP contribution in [-0.4, -0.2) is 30.0 Å². The van der Waals surface area contributed by atoms with Crippen molar-refractivity contribution in [1.29, 1.82) is 0 Å². The van der Waals surface area contributed by atoms with Gasteiger partial charge < -0.3 is 5.11 Å². The van der Waals surface area contributed by atoms with Crippen LogP contribution in [-0.2, 0) is 14.6 Å². The Balaban J connectivity index is 3.06. The molecule has 106 valence electrons. The Morgan fingerprint density at radius 2 is 1.83 bits per heavy atom. The molecule has 0 radical (unpaired) electrons. The van der Waals surface area contributed by atoms with Gasteiger partial charge in [-0.2, -0.15) is 0 Å². The molecule has 1 rings (SSSR count). The summed E-state index contributed by atoms with van der Waals surface area (Å²) in [6.07, 6.45) is 4.30. The van der Waals surface area contributed by atoms with Crippen molar-refractivity contribution in [2.45, 2.75) is 63.4 Å². The van der Waals surface area contributed by atoms with Crippen LogP contribution in [0.5, 0.6) is 0 Å². The van der Waals surface area contributed by atoms with Crippen LogP contribution in [0, 0.1) is 11.8 Å². The maximum absolute atomic E-state index is 12.6. The van der Waals surface area contributed by atoms with Crippen LogP contribution in [0.1, 0.15) is 52.9 Å². The molecule has 5 heteroatoms. The molecule has 1 aliphatic carbocycles. The maximum atomic E-state index is 12.6. The third-order valence-electron chi connectivity index (χ3n) is 3.99. The van der Waals surface area contributed by atoms with E-state index in [1.165, 1.54) is 0 Å². The van der Waals surface area contributed by atoms with Gasteiger partial charge in [-0.05, 0) is 24.7 Å². The lowest BCUT2D eigenvalue weighted by molar-refractivity contribution is -0.137. The van der Waals surface area contributed by atoms with Crippen molar-refractivity contribution >= 4 is 15.8 Å². The fourth-order valence-corrected chi connectivity index (χ4v) is 5.84. The summed E-state index contributed by atoms with van der Waals surface area (Å²) in [7, 11) is -3.58. The molecule has 0 amide bonds. The lowest BCUT2D eigenvalue weighted by atomic mass is 9.87. The monoisotopic (exact) mass is 276 g/mol. The summed E-state index contributed by atoms with van der Waals surface area (Å²) in [5.74, 6) is -1.46. The van der Waals surface area contributed by atoms with Gasteiger partial charge in [0, 0.05) is 0 Å². The predicted molar refractivity (Wildman–Crippen MR) is 71.2 cm³/mol. The number of sulfone groups is 1.